The van der Waals surface area contributed by atoms with Gasteiger partial charge in [-0.25, -0.2) is 9.89 Å². The fourth-order valence-corrected chi connectivity index (χ4v) is 3.28. The van der Waals surface area contributed by atoms with E-state index in [1.807, 2.05) is 0 Å². The second-order valence-corrected chi connectivity index (χ2v) is 6.75. The fraction of sp³-hybridized carbons (Fsp3) is 0.400. The van der Waals surface area contributed by atoms with Gasteiger partial charge in [-0.1, -0.05) is 11.8 Å². The molecule has 9 heteroatoms. The zero-order valence-electron chi connectivity index (χ0n) is 12.7. The van der Waals surface area contributed by atoms with Crippen molar-refractivity contribution < 1.29 is 18.3 Å². The predicted octanol–water partition coefficient (Wildman–Crippen LogP) is 2.87. The minimum absolute atomic E-state index is 0.00303. The molecular formula is C15H15F2N3O3S. The van der Waals surface area contributed by atoms with E-state index in [1.165, 1.54) is 36.0 Å². The Morgan fingerprint density at radius 3 is 2.62 bits per heavy atom. The van der Waals surface area contributed by atoms with Gasteiger partial charge >= 0.3 is 12.3 Å². The molecule has 0 amide bonds. The molecule has 1 fully saturated rings. The smallest absolute Gasteiger partial charge is 0.387 e. The highest BCUT2D eigenvalue weighted by Gasteiger charge is 2.30. The maximum atomic E-state index is 12.5. The Kier molecular flexibility index (Phi) is 4.70. The van der Waals surface area contributed by atoms with Gasteiger partial charge in [-0.15, -0.1) is 5.10 Å². The van der Waals surface area contributed by atoms with Gasteiger partial charge in [0.05, 0.1) is 5.25 Å². The summed E-state index contributed by atoms with van der Waals surface area (Å²) in [4.78, 5) is 24.2. The predicted molar refractivity (Wildman–Crippen MR) is 83.8 cm³/mol. The number of hydrogen-bond acceptors (Lipinski definition) is 5. The minimum Gasteiger partial charge on any atom is -0.435 e. The van der Waals surface area contributed by atoms with Crippen LogP contribution in [0.1, 0.15) is 36.2 Å². The van der Waals surface area contributed by atoms with Crippen molar-refractivity contribution >= 4 is 17.5 Å². The first kappa shape index (κ1) is 16.7. The number of thioether (sulfide) groups is 1. The van der Waals surface area contributed by atoms with E-state index in [1.54, 1.807) is 11.5 Å². The fourth-order valence-electron chi connectivity index (χ4n) is 2.28. The average molecular weight is 355 g/mol. The Morgan fingerprint density at radius 2 is 2.04 bits per heavy atom. The van der Waals surface area contributed by atoms with E-state index in [-0.39, 0.29) is 23.3 Å². The first-order valence-electron chi connectivity index (χ1n) is 7.38. The molecule has 1 aromatic carbocycles. The molecule has 128 valence electrons. The van der Waals surface area contributed by atoms with Crippen LogP contribution in [0.4, 0.5) is 8.78 Å². The number of aromatic amines is 1. The molecule has 3 rings (SSSR count). The quantitative estimate of drug-likeness (QED) is 0.610. The van der Waals surface area contributed by atoms with Gasteiger partial charge in [-0.2, -0.15) is 8.78 Å². The van der Waals surface area contributed by atoms with Gasteiger partial charge < -0.3 is 4.74 Å². The summed E-state index contributed by atoms with van der Waals surface area (Å²) in [6.45, 7) is -1.19. The van der Waals surface area contributed by atoms with E-state index < -0.39 is 11.9 Å². The Balaban J connectivity index is 1.69. The van der Waals surface area contributed by atoms with Crippen molar-refractivity contribution in [1.29, 1.82) is 0 Å². The molecule has 2 aromatic rings. The molecule has 1 N–H and O–H groups in total. The van der Waals surface area contributed by atoms with Crippen LogP contribution in [0, 0.1) is 0 Å². The van der Waals surface area contributed by atoms with Crippen molar-refractivity contribution in [1.82, 2.24) is 14.8 Å². The van der Waals surface area contributed by atoms with Crippen LogP contribution in [-0.2, 0) is 0 Å². The van der Waals surface area contributed by atoms with E-state index in [9.17, 15) is 18.4 Å². The molecule has 1 atom stereocenters. The van der Waals surface area contributed by atoms with Crippen LogP contribution in [0.5, 0.6) is 5.75 Å². The topological polar surface area (TPSA) is 77.0 Å². The summed E-state index contributed by atoms with van der Waals surface area (Å²) >= 11 is 1.20. The number of ether oxygens (including phenoxy) is 1. The third-order valence-electron chi connectivity index (χ3n) is 3.60. The number of H-pyrrole nitrogens is 1. The molecular weight excluding hydrogens is 340 g/mol. The van der Waals surface area contributed by atoms with Crippen LogP contribution in [0.15, 0.2) is 34.2 Å². The summed E-state index contributed by atoms with van der Waals surface area (Å²) in [5.74, 6) is -0.182. The third-order valence-corrected chi connectivity index (χ3v) is 4.67. The number of ketones is 1. The maximum absolute atomic E-state index is 12.5. The van der Waals surface area contributed by atoms with Gasteiger partial charge in [0.2, 0.25) is 0 Å². The first-order chi connectivity index (χ1) is 11.5. The monoisotopic (exact) mass is 355 g/mol. The summed E-state index contributed by atoms with van der Waals surface area (Å²) in [5, 5.41) is 6.39. The number of nitrogens with zero attached hydrogens (tertiary/aromatic N) is 2. The van der Waals surface area contributed by atoms with E-state index in [4.69, 9.17) is 0 Å². The summed E-state index contributed by atoms with van der Waals surface area (Å²) in [7, 11) is 0. The molecule has 0 unspecified atom stereocenters. The normalized spacial score (nSPS) is 15.5. The van der Waals surface area contributed by atoms with Crippen LogP contribution in [0.25, 0.3) is 0 Å². The number of benzene rings is 1. The summed E-state index contributed by atoms with van der Waals surface area (Å²) < 4.78 is 30.1. The second kappa shape index (κ2) is 6.76. The van der Waals surface area contributed by atoms with Crippen LogP contribution in [-0.4, -0.2) is 32.4 Å². The molecule has 0 aliphatic heterocycles. The largest absolute Gasteiger partial charge is 0.435 e. The zero-order valence-corrected chi connectivity index (χ0v) is 13.6. The Morgan fingerprint density at radius 1 is 1.38 bits per heavy atom. The molecule has 0 saturated heterocycles. The highest BCUT2D eigenvalue weighted by atomic mass is 32.2. The lowest BCUT2D eigenvalue weighted by molar-refractivity contribution is -0.0498. The van der Waals surface area contributed by atoms with E-state index in [2.05, 4.69) is 14.9 Å². The lowest BCUT2D eigenvalue weighted by atomic mass is 10.1. The van der Waals surface area contributed by atoms with Gasteiger partial charge in [0.15, 0.2) is 10.9 Å². The number of Topliss-reactive ketones (excluding diaryl/α,β-unsaturated/α-hetero) is 1. The van der Waals surface area contributed by atoms with E-state index in [0.29, 0.717) is 10.7 Å². The van der Waals surface area contributed by atoms with Crippen molar-refractivity contribution in [2.75, 3.05) is 0 Å². The highest BCUT2D eigenvalue weighted by molar-refractivity contribution is 8.00. The van der Waals surface area contributed by atoms with Crippen LogP contribution >= 0.6 is 11.8 Å². The molecule has 6 nitrogen and oxygen atoms in total. The second-order valence-electron chi connectivity index (χ2n) is 5.44. The van der Waals surface area contributed by atoms with Gasteiger partial charge in [0, 0.05) is 11.6 Å². The van der Waals surface area contributed by atoms with Gasteiger partial charge in [0.25, 0.3) is 0 Å². The Bertz CT molecular complexity index is 784. The number of nitrogens with one attached hydrogen (secondary N) is 1. The molecule has 1 aromatic heterocycles. The van der Waals surface area contributed by atoms with Crippen molar-refractivity contribution in [3.63, 3.8) is 0 Å². The number of hydrogen-bond donors (Lipinski definition) is 1. The summed E-state index contributed by atoms with van der Waals surface area (Å²) in [5.41, 5.74) is 0.112. The van der Waals surface area contributed by atoms with Crippen LogP contribution < -0.4 is 10.4 Å². The van der Waals surface area contributed by atoms with Crippen molar-refractivity contribution in [2.24, 2.45) is 0 Å². The molecule has 1 heterocycles. The molecule has 1 aliphatic rings. The van der Waals surface area contributed by atoms with Crippen LogP contribution in [0.3, 0.4) is 0 Å². The molecule has 1 aliphatic carbocycles. The van der Waals surface area contributed by atoms with Crippen molar-refractivity contribution in [3.05, 3.63) is 40.3 Å². The number of halogens is 2. The lowest BCUT2D eigenvalue weighted by Crippen LogP contribution is -2.18. The number of carbonyl (C=O) groups excluding carboxylic acids is 1. The molecule has 24 heavy (non-hydrogen) atoms. The van der Waals surface area contributed by atoms with Gasteiger partial charge in [-0.3, -0.25) is 9.36 Å². The molecule has 0 bridgehead atoms. The minimum atomic E-state index is -2.90. The van der Waals surface area contributed by atoms with Gasteiger partial charge in [-0.05, 0) is 44.0 Å². The number of aromatic nitrogens is 3. The number of rotatable bonds is 7. The van der Waals surface area contributed by atoms with Crippen LogP contribution in [0.2, 0.25) is 0 Å². The molecule has 1 saturated carbocycles. The Hall–Kier alpha value is -2.16. The highest BCUT2D eigenvalue weighted by Crippen LogP contribution is 2.37. The summed E-state index contributed by atoms with van der Waals surface area (Å²) in [6, 6.07) is 5.69. The average Bonchev–Trinajstić information content (AvgIpc) is 3.31. The third kappa shape index (κ3) is 3.66. The number of alkyl halides is 2. The summed E-state index contributed by atoms with van der Waals surface area (Å²) in [6.07, 6.45) is 1.86. The SMILES string of the molecule is C[C@@H](Sc1n[nH]c(=O)n1C1CC1)C(=O)c1ccc(OC(F)F)cc1. The lowest BCUT2D eigenvalue weighted by Gasteiger charge is -2.11. The number of carbonyl (C=O) groups is 1. The zero-order chi connectivity index (χ0) is 17.3. The Labute approximate surface area is 140 Å². The first-order valence-corrected chi connectivity index (χ1v) is 8.26. The maximum Gasteiger partial charge on any atom is 0.387 e. The van der Waals surface area contributed by atoms with Crippen molar-refractivity contribution in [3.8, 4) is 5.75 Å². The van der Waals surface area contributed by atoms with E-state index in [0.717, 1.165) is 12.8 Å². The molecule has 0 radical (unpaired) electrons. The van der Waals surface area contributed by atoms with Gasteiger partial charge in [0.1, 0.15) is 5.75 Å². The van der Waals surface area contributed by atoms with E-state index >= 15 is 0 Å². The standard InChI is InChI=1S/C15H15F2N3O3S/c1-8(24-15-19-18-14(22)20(15)10-4-5-10)12(21)9-2-6-11(7-3-9)23-13(16)17/h2-3,6-8,10,13H,4-5H2,1H3,(H,18,22)/t8-/m1/s1. The molecule has 0 spiro atoms. The van der Waals surface area contributed by atoms with Crippen molar-refractivity contribution in [2.45, 2.75) is 42.8 Å².